The maximum atomic E-state index is 12.9. The number of guanidine groups is 1. The van der Waals surface area contributed by atoms with Gasteiger partial charge >= 0.3 is 31.8 Å². The number of carboxylic acid groups (broad SMARTS) is 1. The second-order valence-electron chi connectivity index (χ2n) is 23.2. The Bertz CT molecular complexity index is 2430. The van der Waals surface area contributed by atoms with Crippen molar-refractivity contribution in [3.05, 3.63) is 29.8 Å². The Labute approximate surface area is 545 Å². The number of hydrogen-bond acceptors (Lipinski definition) is 19. The summed E-state index contributed by atoms with van der Waals surface area (Å²) in [7, 11) is -4.72. The molecule has 0 spiro atoms. The molecular weight excluding hydrogens is 1210 g/mol. The Morgan fingerprint density at radius 1 is 0.641 bits per heavy atom. The molecule has 3 rings (SSSR count). The fourth-order valence-corrected chi connectivity index (χ4v) is 10.7. The minimum Gasteiger partial charge on any atom is -0.480 e. The molecule has 92 heavy (non-hydrogen) atoms. The van der Waals surface area contributed by atoms with E-state index < -0.39 is 80.9 Å². The average Bonchev–Trinajstić information content (AvgIpc) is 0.900. The van der Waals surface area contributed by atoms with Crippen LogP contribution in [-0.4, -0.2) is 153 Å². The lowest BCUT2D eigenvalue weighted by Crippen LogP contribution is -2.47. The van der Waals surface area contributed by atoms with E-state index in [0.29, 0.717) is 24.2 Å². The zero-order valence-corrected chi connectivity index (χ0v) is 56.0. The van der Waals surface area contributed by atoms with Crippen LogP contribution in [0.4, 0.5) is 10.5 Å². The van der Waals surface area contributed by atoms with Gasteiger partial charge in [0.15, 0.2) is 18.0 Å². The highest BCUT2D eigenvalue weighted by Crippen LogP contribution is 2.43. The summed E-state index contributed by atoms with van der Waals surface area (Å²) in [5, 5.41) is 30.0. The van der Waals surface area contributed by atoms with Gasteiger partial charge in [0.1, 0.15) is 19.3 Å². The van der Waals surface area contributed by atoms with Crippen molar-refractivity contribution < 1.29 is 76.1 Å². The van der Waals surface area contributed by atoms with E-state index in [9.17, 15) is 48.1 Å². The number of benzene rings is 1. The molecule has 1 aromatic carbocycles. The molecule has 1 aromatic rings. The summed E-state index contributed by atoms with van der Waals surface area (Å²) in [4.78, 5) is 110. The number of unbranched alkanes of at least 4 members (excludes halogenated alkanes) is 28. The third-order valence-electron chi connectivity index (χ3n) is 15.3. The van der Waals surface area contributed by atoms with Gasteiger partial charge in [-0.25, -0.2) is 19.1 Å². The zero-order chi connectivity index (χ0) is 66.0. The summed E-state index contributed by atoms with van der Waals surface area (Å²) in [6.45, 7) is 2.91. The summed E-state index contributed by atoms with van der Waals surface area (Å²) < 4.78 is 44.4. The van der Waals surface area contributed by atoms with Crippen molar-refractivity contribution in [3.63, 3.8) is 0 Å². The number of esters is 2. The second-order valence-corrected chi connectivity index (χ2v) is 24.7. The number of aliphatic imine (C=N–C) groups is 3. The first-order valence-corrected chi connectivity index (χ1v) is 35.3. The fourth-order valence-electron chi connectivity index (χ4n) is 9.99. The van der Waals surface area contributed by atoms with Crippen LogP contribution in [0.1, 0.15) is 243 Å². The first-order valence-electron chi connectivity index (χ1n) is 33.8. The second kappa shape index (κ2) is 52.2. The van der Waals surface area contributed by atoms with E-state index in [1.165, 1.54) is 160 Å². The minimum atomic E-state index is -4.72. The van der Waals surface area contributed by atoms with E-state index in [1.807, 2.05) is 0 Å². The lowest BCUT2D eigenvalue weighted by Gasteiger charge is -2.21. The van der Waals surface area contributed by atoms with Gasteiger partial charge in [-0.3, -0.25) is 48.7 Å². The topological polar surface area (TPSA) is 388 Å². The van der Waals surface area contributed by atoms with Crippen LogP contribution in [0.25, 0.3) is 0 Å². The molecule has 4 atom stereocenters. The van der Waals surface area contributed by atoms with Gasteiger partial charge in [0.05, 0.1) is 44.9 Å². The number of nitrogens with zero attached hydrogens (tertiary/aromatic N) is 3. The summed E-state index contributed by atoms with van der Waals surface area (Å²) in [5.74, 6) is -4.16. The van der Waals surface area contributed by atoms with Crippen LogP contribution in [0.2, 0.25) is 0 Å². The van der Waals surface area contributed by atoms with Gasteiger partial charge < -0.3 is 56.4 Å². The monoisotopic (exact) mass is 1320 g/mol. The molecule has 11 N–H and O–H groups in total. The maximum absolute atomic E-state index is 12.9. The highest BCUT2D eigenvalue weighted by Gasteiger charge is 2.32. The molecule has 0 saturated heterocycles. The molecule has 0 saturated carbocycles. The number of rotatable bonds is 57. The van der Waals surface area contributed by atoms with Crippen molar-refractivity contribution in [2.45, 2.75) is 250 Å². The molecule has 0 aromatic heterocycles. The van der Waals surface area contributed by atoms with E-state index in [1.54, 1.807) is 12.1 Å². The van der Waals surface area contributed by atoms with Crippen molar-refractivity contribution in [3.8, 4) is 0 Å². The van der Waals surface area contributed by atoms with Crippen molar-refractivity contribution in [1.29, 1.82) is 5.41 Å². The molecule has 0 bridgehead atoms. The molecular formula is C65H111N10O16P. The number of carboxylic acids is 1. The molecule has 26 nitrogen and oxygen atoms in total. The quantitative estimate of drug-likeness (QED) is 0.0127. The Morgan fingerprint density at radius 2 is 1.16 bits per heavy atom. The number of hydrogen-bond donors (Lipinski definition) is 9. The summed E-state index contributed by atoms with van der Waals surface area (Å²) in [6, 6.07) is 3.86. The predicted octanol–water partition coefficient (Wildman–Crippen LogP) is 11.6. The molecule has 4 amide bonds. The van der Waals surface area contributed by atoms with Crippen LogP contribution in [0, 0.1) is 5.41 Å². The molecule has 27 heteroatoms. The zero-order valence-electron chi connectivity index (χ0n) is 55.1. The molecule has 4 unspecified atom stereocenters. The number of nitrogens with one attached hydrogen (secondary N) is 6. The SMILES string of the molecule is CCCCCCCCCCCCCCCCCC(=O)OCC(COP(=O)(O)OCCNC(=O)OCCOCCNC(=O)CCC(NC(=O)c1ccc(NCC2=NC3C(=O)NC(=N)N=C3N=C2)cc1)C(=O)O)OC(=O)CCCCCCCCCCCCCCCCC.N. The van der Waals surface area contributed by atoms with Crippen molar-refractivity contribution in [2.75, 3.05) is 64.6 Å². The van der Waals surface area contributed by atoms with Gasteiger partial charge in [0, 0.05) is 43.6 Å². The third kappa shape index (κ3) is 41.4. The number of amides is 4. The maximum Gasteiger partial charge on any atom is 0.472 e. The molecule has 0 fully saturated rings. The molecule has 2 aliphatic rings. The van der Waals surface area contributed by atoms with E-state index >= 15 is 0 Å². The van der Waals surface area contributed by atoms with Crippen LogP contribution in [-0.2, 0) is 56.5 Å². The third-order valence-corrected chi connectivity index (χ3v) is 16.2. The van der Waals surface area contributed by atoms with Gasteiger partial charge in [0.25, 0.3) is 11.8 Å². The Morgan fingerprint density at radius 3 is 1.71 bits per heavy atom. The molecule has 2 aliphatic heterocycles. The standard InChI is InChI=1S/C65H108N9O16P.H3N/c1-3-5-7-9-11-13-15-17-19-21-23-25-27-29-31-33-57(76)87-49-54(90-58(77)34-32-30-28-26-24-22-20-18-16-14-12-10-8-6-4-2)50-89-91(83,84)88-44-42-68-65(82)86-46-45-85-43-41-67-56(75)40-39-55(63(80)81)72-61(78)51-35-37-52(38-36-51)69-47-53-48-70-60-59(71-53)62(79)74-64(66)73-60;/h35-38,48,54-55,59,69H,3-34,39-47,49-50H2,1-2H3,(H,67,75)(H,68,82)(H,72,78)(H,80,81)(H,83,84)(H2,66,74,79);1H3. The number of amidine groups is 1. The number of alkyl carbamates (subject to hydrolysis) is 1. The number of anilines is 1. The number of carbonyl (C=O) groups excluding carboxylic acids is 6. The summed E-state index contributed by atoms with van der Waals surface area (Å²) >= 11 is 0. The number of aliphatic carboxylic acids is 1. The number of phosphoric acid groups is 1. The van der Waals surface area contributed by atoms with Gasteiger partial charge in [-0.2, -0.15) is 4.99 Å². The number of carbonyl (C=O) groups is 7. The molecule has 0 radical (unpaired) electrons. The highest BCUT2D eigenvalue weighted by molar-refractivity contribution is 7.47. The Hall–Kier alpha value is -6.18. The number of phosphoric ester groups is 1. The Kier molecular flexibility index (Phi) is 46.5. The number of ether oxygens (including phenoxy) is 4. The van der Waals surface area contributed by atoms with Crippen LogP contribution in [0.15, 0.2) is 39.2 Å². The van der Waals surface area contributed by atoms with Crippen LogP contribution in [0.3, 0.4) is 0 Å². The van der Waals surface area contributed by atoms with E-state index in [4.69, 9.17) is 33.4 Å². The predicted molar refractivity (Wildman–Crippen MR) is 356 cm³/mol. The Balaban J connectivity index is 0.0000288. The molecule has 0 aliphatic carbocycles. The van der Waals surface area contributed by atoms with Gasteiger partial charge in [-0.1, -0.05) is 194 Å². The van der Waals surface area contributed by atoms with Crippen LogP contribution < -0.4 is 32.7 Å². The normalized spacial score (nSPS) is 14.7. The molecule has 2 heterocycles. The largest absolute Gasteiger partial charge is 0.480 e. The minimum absolute atomic E-state index is 0. The van der Waals surface area contributed by atoms with Crippen molar-refractivity contribution >= 4 is 79.0 Å². The first kappa shape index (κ1) is 81.9. The van der Waals surface area contributed by atoms with Crippen molar-refractivity contribution in [1.82, 2.24) is 27.4 Å². The lowest BCUT2D eigenvalue weighted by molar-refractivity contribution is -0.161. The lowest BCUT2D eigenvalue weighted by atomic mass is 10.0. The van der Waals surface area contributed by atoms with Crippen LogP contribution >= 0.6 is 7.82 Å². The first-order chi connectivity index (χ1) is 44.1. The van der Waals surface area contributed by atoms with E-state index in [2.05, 4.69) is 55.4 Å². The molecule has 522 valence electrons. The smallest absolute Gasteiger partial charge is 0.472 e. The van der Waals surface area contributed by atoms with Gasteiger partial charge in [-0.05, 0) is 43.5 Å². The van der Waals surface area contributed by atoms with E-state index in [-0.39, 0.29) is 95.3 Å². The van der Waals surface area contributed by atoms with Gasteiger partial charge in [-0.15, -0.1) is 0 Å². The van der Waals surface area contributed by atoms with Crippen LogP contribution in [0.5, 0.6) is 0 Å². The number of fused-ring (bicyclic) bond motifs is 1. The van der Waals surface area contributed by atoms with Crippen molar-refractivity contribution in [2.24, 2.45) is 15.0 Å². The summed E-state index contributed by atoms with van der Waals surface area (Å²) in [5.41, 5.74) is 1.23. The van der Waals surface area contributed by atoms with Gasteiger partial charge in [0.2, 0.25) is 11.9 Å². The van der Waals surface area contributed by atoms with E-state index in [0.717, 1.165) is 38.5 Å². The fraction of sp³-hybridized carbons (Fsp3) is 0.738. The average molecular weight is 1320 g/mol. The highest BCUT2D eigenvalue weighted by atomic mass is 31.2. The summed E-state index contributed by atoms with van der Waals surface area (Å²) in [6.07, 6.45) is 35.2.